The zero-order chi connectivity index (χ0) is 13.0. The molecule has 97 valence electrons. The molecule has 0 spiro atoms. The smallest absolute Gasteiger partial charge is 0.227 e. The average molecular weight is 324 g/mol. The Hall–Kier alpha value is -0.406. The summed E-state index contributed by atoms with van der Waals surface area (Å²) in [4.78, 5) is 11.9. The molecule has 1 aromatic rings. The third-order valence-corrected chi connectivity index (χ3v) is 3.05. The Balaban J connectivity index is 0.00000289. The number of ether oxygens (including phenoxy) is 1. The number of carbonyl (C=O) groups excluding carboxylic acids is 1. The van der Waals surface area contributed by atoms with Crippen molar-refractivity contribution in [1.29, 1.82) is 0 Å². The molecule has 1 aromatic carbocycles. The van der Waals surface area contributed by atoms with Crippen LogP contribution in [0.25, 0.3) is 0 Å². The predicted octanol–water partition coefficient (Wildman–Crippen LogP) is 3.29. The van der Waals surface area contributed by atoms with Gasteiger partial charge in [-0.3, -0.25) is 4.79 Å². The molecule has 1 unspecified atom stereocenters. The van der Waals surface area contributed by atoms with Gasteiger partial charge in [0.1, 0.15) is 5.75 Å². The molecule has 1 amide bonds. The van der Waals surface area contributed by atoms with Crippen LogP contribution in [-0.4, -0.2) is 13.0 Å². The maximum Gasteiger partial charge on any atom is 0.227 e. The van der Waals surface area contributed by atoms with Crippen molar-refractivity contribution in [2.45, 2.75) is 34.1 Å². The summed E-state index contributed by atoms with van der Waals surface area (Å²) in [7, 11) is 1.64. The van der Waals surface area contributed by atoms with Crippen LogP contribution >= 0.6 is 0 Å². The first-order valence-electron chi connectivity index (χ1n) is 5.95. The Kier molecular flexibility index (Phi) is 7.73. The minimum absolute atomic E-state index is 0. The van der Waals surface area contributed by atoms with E-state index in [2.05, 4.69) is 5.32 Å². The van der Waals surface area contributed by atoms with Gasteiger partial charge in [0.05, 0.1) is 7.11 Å². The summed E-state index contributed by atoms with van der Waals surface area (Å²) >= 11 is 0. The second-order valence-corrected chi connectivity index (χ2v) is 4.43. The Labute approximate surface area is 135 Å². The van der Waals surface area contributed by atoms with E-state index in [-0.39, 0.29) is 44.5 Å². The van der Waals surface area contributed by atoms with E-state index in [1.807, 2.05) is 39.8 Å². The molecule has 0 aliphatic carbocycles. The first-order chi connectivity index (χ1) is 7.99. The SMILES string of the molecule is CCC(C)C(=O)Nc1c(C)cc(OC)cc1C.[Y]. The van der Waals surface area contributed by atoms with E-state index in [0.717, 1.165) is 29.0 Å². The van der Waals surface area contributed by atoms with Crippen LogP contribution in [0.3, 0.4) is 0 Å². The predicted molar refractivity (Wildman–Crippen MR) is 70.6 cm³/mol. The molecule has 18 heavy (non-hydrogen) atoms. The average Bonchev–Trinajstić information content (AvgIpc) is 2.31. The van der Waals surface area contributed by atoms with Crippen molar-refractivity contribution in [3.63, 3.8) is 0 Å². The molecule has 0 saturated carbocycles. The molecular weight excluding hydrogens is 303 g/mol. The number of methoxy groups -OCH3 is 1. The van der Waals surface area contributed by atoms with Crippen molar-refractivity contribution < 1.29 is 42.2 Å². The van der Waals surface area contributed by atoms with Crippen LogP contribution in [0, 0.1) is 19.8 Å². The minimum atomic E-state index is 0. The fourth-order valence-corrected chi connectivity index (χ4v) is 1.67. The number of hydrogen-bond acceptors (Lipinski definition) is 2. The Bertz CT molecular complexity index is 395. The fourth-order valence-electron chi connectivity index (χ4n) is 1.67. The molecule has 1 radical (unpaired) electrons. The number of rotatable bonds is 4. The first-order valence-corrected chi connectivity index (χ1v) is 5.95. The van der Waals surface area contributed by atoms with Gasteiger partial charge >= 0.3 is 0 Å². The number of carbonyl (C=O) groups is 1. The summed E-state index contributed by atoms with van der Waals surface area (Å²) in [5, 5.41) is 2.99. The van der Waals surface area contributed by atoms with Crippen LogP contribution in [-0.2, 0) is 37.5 Å². The third-order valence-electron chi connectivity index (χ3n) is 3.05. The van der Waals surface area contributed by atoms with E-state index >= 15 is 0 Å². The Morgan fingerprint density at radius 3 is 2.22 bits per heavy atom. The second-order valence-electron chi connectivity index (χ2n) is 4.43. The van der Waals surface area contributed by atoms with Gasteiger partial charge in [-0.15, -0.1) is 0 Å². The molecule has 0 heterocycles. The molecular formula is C14H21NO2Y. The molecule has 1 N–H and O–H groups in total. The van der Waals surface area contributed by atoms with E-state index in [9.17, 15) is 4.79 Å². The summed E-state index contributed by atoms with van der Waals surface area (Å²) in [5.74, 6) is 0.932. The normalized spacial score (nSPS) is 11.4. The minimum Gasteiger partial charge on any atom is -0.497 e. The molecule has 0 aromatic heterocycles. The summed E-state index contributed by atoms with van der Waals surface area (Å²) in [5.41, 5.74) is 2.95. The van der Waals surface area contributed by atoms with Gasteiger partial charge in [0.25, 0.3) is 0 Å². The number of benzene rings is 1. The van der Waals surface area contributed by atoms with Gasteiger partial charge in [0, 0.05) is 44.3 Å². The molecule has 0 fully saturated rings. The maximum absolute atomic E-state index is 11.9. The van der Waals surface area contributed by atoms with Gasteiger partial charge in [-0.25, -0.2) is 0 Å². The fraction of sp³-hybridized carbons (Fsp3) is 0.500. The number of nitrogens with one attached hydrogen (secondary N) is 1. The van der Waals surface area contributed by atoms with E-state index in [1.165, 1.54) is 0 Å². The molecule has 3 nitrogen and oxygen atoms in total. The van der Waals surface area contributed by atoms with Crippen LogP contribution in [0.15, 0.2) is 12.1 Å². The van der Waals surface area contributed by atoms with Gasteiger partial charge in [-0.05, 0) is 43.5 Å². The van der Waals surface area contributed by atoms with E-state index in [4.69, 9.17) is 4.74 Å². The summed E-state index contributed by atoms with van der Waals surface area (Å²) < 4.78 is 5.19. The Morgan fingerprint density at radius 1 is 1.33 bits per heavy atom. The molecule has 0 aliphatic rings. The van der Waals surface area contributed by atoms with Crippen molar-refractivity contribution in [2.75, 3.05) is 12.4 Å². The van der Waals surface area contributed by atoms with E-state index in [0.29, 0.717) is 0 Å². The van der Waals surface area contributed by atoms with Gasteiger partial charge in [0.15, 0.2) is 0 Å². The Morgan fingerprint density at radius 2 is 1.83 bits per heavy atom. The van der Waals surface area contributed by atoms with Crippen LogP contribution in [0.1, 0.15) is 31.4 Å². The zero-order valence-corrected chi connectivity index (χ0v) is 14.7. The molecule has 0 saturated heterocycles. The summed E-state index contributed by atoms with van der Waals surface area (Å²) in [6.07, 6.45) is 0.847. The number of aryl methyl sites for hydroxylation is 2. The third kappa shape index (κ3) is 4.36. The number of hydrogen-bond donors (Lipinski definition) is 1. The first kappa shape index (κ1) is 17.6. The monoisotopic (exact) mass is 324 g/mol. The number of anilines is 1. The van der Waals surface area contributed by atoms with Crippen molar-refractivity contribution in [3.05, 3.63) is 23.3 Å². The van der Waals surface area contributed by atoms with Gasteiger partial charge in [-0.2, -0.15) is 0 Å². The quantitative estimate of drug-likeness (QED) is 0.923. The summed E-state index contributed by atoms with van der Waals surface area (Å²) in [6, 6.07) is 3.86. The number of amides is 1. The van der Waals surface area contributed by atoms with Gasteiger partial charge in [-0.1, -0.05) is 13.8 Å². The second kappa shape index (κ2) is 7.90. The molecule has 1 rings (SSSR count). The van der Waals surface area contributed by atoms with Crippen molar-refractivity contribution in [1.82, 2.24) is 0 Å². The molecule has 4 heteroatoms. The summed E-state index contributed by atoms with van der Waals surface area (Å²) in [6.45, 7) is 7.89. The topological polar surface area (TPSA) is 38.3 Å². The largest absolute Gasteiger partial charge is 0.497 e. The zero-order valence-electron chi connectivity index (χ0n) is 11.8. The van der Waals surface area contributed by atoms with Gasteiger partial charge in [0.2, 0.25) is 5.91 Å². The standard InChI is InChI=1S/C14H21NO2.Y/c1-6-9(2)14(16)15-13-10(3)7-12(17-5)8-11(13)4;/h7-9H,6H2,1-5H3,(H,15,16);. The van der Waals surface area contributed by atoms with Crippen LogP contribution in [0.2, 0.25) is 0 Å². The van der Waals surface area contributed by atoms with E-state index in [1.54, 1.807) is 7.11 Å². The molecule has 0 bridgehead atoms. The van der Waals surface area contributed by atoms with Gasteiger partial charge < -0.3 is 10.1 Å². The van der Waals surface area contributed by atoms with Crippen molar-refractivity contribution in [2.24, 2.45) is 5.92 Å². The maximum atomic E-state index is 11.9. The van der Waals surface area contributed by atoms with Crippen molar-refractivity contribution >= 4 is 11.6 Å². The van der Waals surface area contributed by atoms with E-state index < -0.39 is 0 Å². The van der Waals surface area contributed by atoms with Crippen LogP contribution < -0.4 is 10.1 Å². The van der Waals surface area contributed by atoms with Crippen LogP contribution in [0.5, 0.6) is 5.75 Å². The molecule has 1 atom stereocenters. The molecule has 0 aliphatic heterocycles. The van der Waals surface area contributed by atoms with Crippen molar-refractivity contribution in [3.8, 4) is 5.75 Å². The van der Waals surface area contributed by atoms with Crippen LogP contribution in [0.4, 0.5) is 5.69 Å².